The van der Waals surface area contributed by atoms with Gasteiger partial charge in [-0.15, -0.1) is 0 Å². The Balaban J connectivity index is 2.36. The van der Waals surface area contributed by atoms with Crippen LogP contribution in [0.5, 0.6) is 0 Å². The first kappa shape index (κ1) is 15.9. The normalized spacial score (nSPS) is 11.3. The number of amides is 1. The van der Waals surface area contributed by atoms with Crippen LogP contribution < -0.4 is 5.32 Å². The van der Waals surface area contributed by atoms with Gasteiger partial charge in [0.25, 0.3) is 0 Å². The number of hydrogen-bond acceptors (Lipinski definition) is 4. The Kier molecular flexibility index (Phi) is 5.90. The SMILES string of the molecule is CC(C)(C)OC(=O)NCCC=Cc1cnccc1C=O. The van der Waals surface area contributed by atoms with Crippen molar-refractivity contribution >= 4 is 18.5 Å². The molecule has 5 nitrogen and oxygen atoms in total. The second kappa shape index (κ2) is 7.43. The van der Waals surface area contributed by atoms with Gasteiger partial charge in [-0.3, -0.25) is 9.78 Å². The van der Waals surface area contributed by atoms with Gasteiger partial charge in [0.05, 0.1) is 0 Å². The second-order valence-electron chi connectivity index (χ2n) is 5.24. The Hall–Kier alpha value is -2.17. The van der Waals surface area contributed by atoms with Crippen LogP contribution in [0.4, 0.5) is 4.79 Å². The maximum atomic E-state index is 11.4. The summed E-state index contributed by atoms with van der Waals surface area (Å²) < 4.78 is 5.11. The first-order valence-electron chi connectivity index (χ1n) is 6.45. The van der Waals surface area contributed by atoms with Crippen molar-refractivity contribution in [2.45, 2.75) is 32.8 Å². The molecule has 0 aliphatic rings. The topological polar surface area (TPSA) is 68.3 Å². The van der Waals surface area contributed by atoms with Crippen LogP contribution in [0.1, 0.15) is 43.1 Å². The zero-order chi connectivity index (χ0) is 15.0. The Morgan fingerprint density at radius 3 is 2.80 bits per heavy atom. The van der Waals surface area contributed by atoms with E-state index in [9.17, 15) is 9.59 Å². The number of nitrogens with zero attached hydrogens (tertiary/aromatic N) is 1. The Labute approximate surface area is 119 Å². The van der Waals surface area contributed by atoms with Crippen LogP contribution in [0, 0.1) is 0 Å². The molecule has 1 rings (SSSR count). The van der Waals surface area contributed by atoms with Gasteiger partial charge in [-0.1, -0.05) is 12.2 Å². The number of aldehydes is 1. The molecule has 108 valence electrons. The molecule has 0 bridgehead atoms. The van der Waals surface area contributed by atoms with Crippen molar-refractivity contribution in [2.24, 2.45) is 0 Å². The molecule has 1 N–H and O–H groups in total. The van der Waals surface area contributed by atoms with E-state index < -0.39 is 11.7 Å². The lowest BCUT2D eigenvalue weighted by Crippen LogP contribution is -2.32. The zero-order valence-corrected chi connectivity index (χ0v) is 12.1. The summed E-state index contributed by atoms with van der Waals surface area (Å²) in [5, 5.41) is 2.66. The van der Waals surface area contributed by atoms with Gasteiger partial charge in [0, 0.05) is 30.1 Å². The standard InChI is InChI=1S/C15H20N2O3/c1-15(2,3)20-14(19)17-8-5-4-6-12-10-16-9-7-13(12)11-18/h4,6-7,9-11H,5,8H2,1-3H3,(H,17,19). The monoisotopic (exact) mass is 276 g/mol. The van der Waals surface area contributed by atoms with Crippen LogP contribution >= 0.6 is 0 Å². The molecule has 5 heteroatoms. The molecule has 1 amide bonds. The fourth-order valence-corrected chi connectivity index (χ4v) is 1.45. The maximum absolute atomic E-state index is 11.4. The summed E-state index contributed by atoms with van der Waals surface area (Å²) in [6.45, 7) is 5.92. The molecule has 20 heavy (non-hydrogen) atoms. The molecule has 0 aliphatic heterocycles. The maximum Gasteiger partial charge on any atom is 0.407 e. The largest absolute Gasteiger partial charge is 0.444 e. The molecule has 0 saturated carbocycles. The Bertz CT molecular complexity index is 490. The lowest BCUT2D eigenvalue weighted by atomic mass is 10.1. The average molecular weight is 276 g/mol. The number of rotatable bonds is 5. The molecule has 0 unspecified atom stereocenters. The zero-order valence-electron chi connectivity index (χ0n) is 12.1. The molecule has 1 aromatic rings. The van der Waals surface area contributed by atoms with E-state index in [2.05, 4.69) is 10.3 Å². The summed E-state index contributed by atoms with van der Waals surface area (Å²) in [6.07, 6.45) is 7.90. The van der Waals surface area contributed by atoms with Crippen molar-refractivity contribution in [1.82, 2.24) is 10.3 Å². The van der Waals surface area contributed by atoms with E-state index in [4.69, 9.17) is 4.74 Å². The number of nitrogens with one attached hydrogen (secondary N) is 1. The highest BCUT2D eigenvalue weighted by Gasteiger charge is 2.15. The highest BCUT2D eigenvalue weighted by atomic mass is 16.6. The van der Waals surface area contributed by atoms with Crippen LogP contribution in [0.25, 0.3) is 6.08 Å². The molecule has 0 aromatic carbocycles. The van der Waals surface area contributed by atoms with E-state index in [1.807, 2.05) is 32.9 Å². The predicted octanol–water partition coefficient (Wildman–Crippen LogP) is 2.82. The van der Waals surface area contributed by atoms with Gasteiger partial charge in [-0.25, -0.2) is 4.79 Å². The summed E-state index contributed by atoms with van der Waals surface area (Å²) in [5.74, 6) is 0. The third kappa shape index (κ3) is 6.13. The number of hydrogen-bond donors (Lipinski definition) is 1. The van der Waals surface area contributed by atoms with Gasteiger partial charge in [0.1, 0.15) is 5.60 Å². The number of carbonyl (C=O) groups is 2. The minimum Gasteiger partial charge on any atom is -0.444 e. The third-order valence-electron chi connectivity index (χ3n) is 2.29. The smallest absolute Gasteiger partial charge is 0.407 e. The van der Waals surface area contributed by atoms with Crippen molar-refractivity contribution in [3.63, 3.8) is 0 Å². The highest BCUT2D eigenvalue weighted by Crippen LogP contribution is 2.07. The molecule has 0 atom stereocenters. The summed E-state index contributed by atoms with van der Waals surface area (Å²) in [6, 6.07) is 1.66. The average Bonchev–Trinajstić information content (AvgIpc) is 2.36. The Morgan fingerprint density at radius 2 is 2.15 bits per heavy atom. The van der Waals surface area contributed by atoms with E-state index in [-0.39, 0.29) is 0 Å². The van der Waals surface area contributed by atoms with Crippen LogP contribution in [0.2, 0.25) is 0 Å². The van der Waals surface area contributed by atoms with Crippen molar-refractivity contribution in [3.05, 3.63) is 35.7 Å². The summed E-state index contributed by atoms with van der Waals surface area (Å²) in [5.41, 5.74) is 0.866. The van der Waals surface area contributed by atoms with Crippen LogP contribution in [-0.4, -0.2) is 29.5 Å². The summed E-state index contributed by atoms with van der Waals surface area (Å²) in [4.78, 5) is 26.1. The van der Waals surface area contributed by atoms with Crippen LogP contribution in [0.15, 0.2) is 24.5 Å². The molecular weight excluding hydrogens is 256 g/mol. The minimum absolute atomic E-state index is 0.430. The molecule has 1 heterocycles. The minimum atomic E-state index is -0.492. The molecule has 0 saturated heterocycles. The summed E-state index contributed by atoms with van der Waals surface area (Å²) in [7, 11) is 0. The van der Waals surface area contributed by atoms with Gasteiger partial charge < -0.3 is 10.1 Å². The fourth-order valence-electron chi connectivity index (χ4n) is 1.45. The van der Waals surface area contributed by atoms with Crippen LogP contribution in [-0.2, 0) is 4.74 Å². The van der Waals surface area contributed by atoms with E-state index in [0.29, 0.717) is 18.5 Å². The quantitative estimate of drug-likeness (QED) is 0.663. The fraction of sp³-hybridized carbons (Fsp3) is 0.400. The first-order valence-corrected chi connectivity index (χ1v) is 6.45. The number of carbonyl (C=O) groups excluding carboxylic acids is 2. The molecule has 0 spiro atoms. The summed E-state index contributed by atoms with van der Waals surface area (Å²) >= 11 is 0. The number of aromatic nitrogens is 1. The van der Waals surface area contributed by atoms with E-state index in [1.54, 1.807) is 18.5 Å². The number of ether oxygens (including phenoxy) is 1. The van der Waals surface area contributed by atoms with Gasteiger partial charge in [0.2, 0.25) is 0 Å². The molecule has 0 fully saturated rings. The highest BCUT2D eigenvalue weighted by molar-refractivity contribution is 5.81. The van der Waals surface area contributed by atoms with Gasteiger partial charge >= 0.3 is 6.09 Å². The van der Waals surface area contributed by atoms with Crippen molar-refractivity contribution in [1.29, 1.82) is 0 Å². The molecule has 0 aliphatic carbocycles. The number of pyridine rings is 1. The third-order valence-corrected chi connectivity index (χ3v) is 2.29. The number of alkyl carbamates (subject to hydrolysis) is 1. The van der Waals surface area contributed by atoms with E-state index >= 15 is 0 Å². The van der Waals surface area contributed by atoms with E-state index in [0.717, 1.165) is 11.8 Å². The van der Waals surface area contributed by atoms with Crippen LogP contribution in [0.3, 0.4) is 0 Å². The predicted molar refractivity (Wildman–Crippen MR) is 77.5 cm³/mol. The van der Waals surface area contributed by atoms with Crippen molar-refractivity contribution < 1.29 is 14.3 Å². The molecular formula is C15H20N2O3. The lowest BCUT2D eigenvalue weighted by Gasteiger charge is -2.19. The van der Waals surface area contributed by atoms with Gasteiger partial charge in [-0.05, 0) is 33.3 Å². The first-order chi connectivity index (χ1) is 9.42. The van der Waals surface area contributed by atoms with Crippen molar-refractivity contribution in [3.8, 4) is 0 Å². The second-order valence-corrected chi connectivity index (χ2v) is 5.24. The van der Waals surface area contributed by atoms with Gasteiger partial charge in [0.15, 0.2) is 6.29 Å². The van der Waals surface area contributed by atoms with E-state index in [1.165, 1.54) is 0 Å². The van der Waals surface area contributed by atoms with Crippen molar-refractivity contribution in [2.75, 3.05) is 6.54 Å². The molecule has 0 radical (unpaired) electrons. The Morgan fingerprint density at radius 1 is 1.40 bits per heavy atom. The lowest BCUT2D eigenvalue weighted by molar-refractivity contribution is 0.0528. The van der Waals surface area contributed by atoms with Gasteiger partial charge in [-0.2, -0.15) is 0 Å². The molecule has 1 aromatic heterocycles.